The van der Waals surface area contributed by atoms with Gasteiger partial charge in [-0.25, -0.2) is 0 Å². The topological polar surface area (TPSA) is 83.7 Å². The number of hydroxylamine groups is 1. The van der Waals surface area contributed by atoms with E-state index in [4.69, 9.17) is 9.57 Å². The number of nitrogens with one attached hydrogen (secondary N) is 4. The number of hydrogen-bond acceptors (Lipinski definition) is 6. The van der Waals surface area contributed by atoms with Crippen molar-refractivity contribution in [3.05, 3.63) is 0 Å². The third-order valence-corrected chi connectivity index (χ3v) is 7.34. The largest absolute Gasteiger partial charge is 0.367 e. The van der Waals surface area contributed by atoms with E-state index in [9.17, 15) is 4.79 Å². The number of ether oxygens (including phenoxy) is 1. The molecule has 7 unspecified atom stereocenters. The Labute approximate surface area is 162 Å². The maximum atomic E-state index is 12.8. The van der Waals surface area contributed by atoms with E-state index in [1.165, 1.54) is 25.7 Å². The quantitative estimate of drug-likeness (QED) is 0.578. The summed E-state index contributed by atoms with van der Waals surface area (Å²) in [5.41, 5.74) is 3.20. The van der Waals surface area contributed by atoms with Crippen molar-refractivity contribution in [2.75, 3.05) is 13.7 Å². The fraction of sp³-hybridized carbons (Fsp3) is 0.950. The van der Waals surface area contributed by atoms with Crippen LogP contribution in [0, 0.1) is 23.7 Å². The molecule has 7 heteroatoms. The monoisotopic (exact) mass is 380 g/mol. The van der Waals surface area contributed by atoms with Crippen molar-refractivity contribution in [3.63, 3.8) is 0 Å². The Morgan fingerprint density at radius 3 is 2.78 bits per heavy atom. The third kappa shape index (κ3) is 4.32. The number of carbonyl (C=O) groups is 1. The first-order chi connectivity index (χ1) is 13.2. The fourth-order valence-corrected chi connectivity index (χ4v) is 5.73. The Balaban J connectivity index is 1.27. The number of methoxy groups -OCH3 is 1. The van der Waals surface area contributed by atoms with Crippen LogP contribution in [0.25, 0.3) is 0 Å². The summed E-state index contributed by atoms with van der Waals surface area (Å²) in [6.07, 6.45) is 9.14. The minimum absolute atomic E-state index is 0.0156. The molecule has 0 radical (unpaired) electrons. The van der Waals surface area contributed by atoms with Crippen LogP contribution in [0.1, 0.15) is 58.3 Å². The molecule has 0 aromatic heterocycles. The average molecular weight is 381 g/mol. The molecule has 4 rings (SSSR count). The Morgan fingerprint density at radius 2 is 2.00 bits per heavy atom. The molecule has 0 spiro atoms. The van der Waals surface area contributed by atoms with Crippen LogP contribution >= 0.6 is 0 Å². The second-order valence-electron chi connectivity index (χ2n) is 8.87. The van der Waals surface area contributed by atoms with E-state index < -0.39 is 0 Å². The molecule has 2 heterocycles. The Bertz CT molecular complexity index is 519. The van der Waals surface area contributed by atoms with Gasteiger partial charge in [0.2, 0.25) is 5.91 Å². The zero-order chi connectivity index (χ0) is 18.8. The Hall–Kier alpha value is -0.730. The van der Waals surface area contributed by atoms with Crippen LogP contribution in [0.15, 0.2) is 0 Å². The highest BCUT2D eigenvalue weighted by molar-refractivity contribution is 5.79. The Kier molecular flexibility index (Phi) is 6.34. The van der Waals surface area contributed by atoms with E-state index in [2.05, 4.69) is 28.4 Å². The number of piperidine rings is 1. The minimum Gasteiger partial charge on any atom is -0.367 e. The first-order valence-corrected chi connectivity index (χ1v) is 10.9. The molecule has 0 aromatic rings. The predicted molar refractivity (Wildman–Crippen MR) is 102 cm³/mol. The lowest BCUT2D eigenvalue weighted by molar-refractivity contribution is -0.128. The second kappa shape index (κ2) is 8.74. The maximum Gasteiger partial charge on any atom is 0.223 e. The number of carbonyl (C=O) groups excluding carboxylic acids is 1. The normalized spacial score (nSPS) is 44.8. The van der Waals surface area contributed by atoms with Crippen molar-refractivity contribution in [3.8, 4) is 0 Å². The van der Waals surface area contributed by atoms with E-state index in [1.807, 2.05) is 0 Å². The van der Waals surface area contributed by atoms with Gasteiger partial charge >= 0.3 is 0 Å². The first-order valence-electron chi connectivity index (χ1n) is 10.9. The first kappa shape index (κ1) is 19.6. The van der Waals surface area contributed by atoms with Crippen molar-refractivity contribution in [2.24, 2.45) is 23.7 Å². The van der Waals surface area contributed by atoms with Gasteiger partial charge in [-0.2, -0.15) is 5.48 Å². The highest BCUT2D eigenvalue weighted by Gasteiger charge is 2.44. The second-order valence-corrected chi connectivity index (χ2v) is 8.87. The molecule has 2 aliphatic carbocycles. The lowest BCUT2D eigenvalue weighted by Crippen LogP contribution is -2.49. The van der Waals surface area contributed by atoms with Crippen LogP contribution in [0.5, 0.6) is 0 Å². The summed E-state index contributed by atoms with van der Waals surface area (Å²) in [6.45, 7) is 3.00. The van der Waals surface area contributed by atoms with Crippen molar-refractivity contribution in [1.82, 2.24) is 21.4 Å². The zero-order valence-electron chi connectivity index (χ0n) is 16.7. The van der Waals surface area contributed by atoms with E-state index in [0.29, 0.717) is 17.9 Å². The van der Waals surface area contributed by atoms with Gasteiger partial charge in [-0.15, -0.1) is 0 Å². The lowest BCUT2D eigenvalue weighted by atomic mass is 9.73. The van der Waals surface area contributed by atoms with Crippen molar-refractivity contribution < 1.29 is 14.4 Å². The van der Waals surface area contributed by atoms with Gasteiger partial charge in [-0.3, -0.25) is 20.3 Å². The van der Waals surface area contributed by atoms with Gasteiger partial charge in [0, 0.05) is 19.1 Å². The molecule has 4 aliphatic rings. The SMILES string of the molecule is CCC1NC(C2CCC3C(CC[C@H]3NC(=O)C3CCNC(OC)C3)C2)NO1. The zero-order valence-corrected chi connectivity index (χ0v) is 16.7. The molecule has 1 amide bonds. The average Bonchev–Trinajstić information content (AvgIpc) is 3.35. The van der Waals surface area contributed by atoms with Crippen LogP contribution in [-0.4, -0.2) is 44.2 Å². The molecule has 8 atom stereocenters. The van der Waals surface area contributed by atoms with Gasteiger partial charge in [0.25, 0.3) is 0 Å². The smallest absolute Gasteiger partial charge is 0.223 e. The van der Waals surface area contributed by atoms with Gasteiger partial charge in [0.05, 0.1) is 6.17 Å². The summed E-state index contributed by atoms with van der Waals surface area (Å²) in [6, 6.07) is 0.364. The van der Waals surface area contributed by atoms with Crippen LogP contribution in [0.3, 0.4) is 0 Å². The minimum atomic E-state index is 0.0156. The molecule has 0 bridgehead atoms. The number of fused-ring (bicyclic) bond motifs is 1. The number of rotatable bonds is 5. The summed E-state index contributed by atoms with van der Waals surface area (Å²) < 4.78 is 5.39. The predicted octanol–water partition coefficient (Wildman–Crippen LogP) is 1.46. The van der Waals surface area contributed by atoms with Gasteiger partial charge in [-0.05, 0) is 75.7 Å². The van der Waals surface area contributed by atoms with Crippen molar-refractivity contribution in [2.45, 2.75) is 83.0 Å². The molecule has 27 heavy (non-hydrogen) atoms. The van der Waals surface area contributed by atoms with E-state index in [0.717, 1.165) is 38.1 Å². The molecular weight excluding hydrogens is 344 g/mol. The van der Waals surface area contributed by atoms with Gasteiger partial charge in [0.1, 0.15) is 12.5 Å². The van der Waals surface area contributed by atoms with E-state index in [1.54, 1.807) is 7.11 Å². The van der Waals surface area contributed by atoms with Crippen molar-refractivity contribution in [1.29, 1.82) is 0 Å². The van der Waals surface area contributed by atoms with Gasteiger partial charge < -0.3 is 10.1 Å². The van der Waals surface area contributed by atoms with Crippen LogP contribution in [0.2, 0.25) is 0 Å². The molecule has 0 aromatic carbocycles. The maximum absolute atomic E-state index is 12.8. The Morgan fingerprint density at radius 1 is 1.15 bits per heavy atom. The molecular formula is C20H36N4O3. The van der Waals surface area contributed by atoms with E-state index in [-0.39, 0.29) is 30.4 Å². The van der Waals surface area contributed by atoms with Gasteiger partial charge in [-0.1, -0.05) is 6.92 Å². The highest BCUT2D eigenvalue weighted by atomic mass is 16.7. The third-order valence-electron chi connectivity index (χ3n) is 7.34. The van der Waals surface area contributed by atoms with Crippen molar-refractivity contribution >= 4 is 5.91 Å². The van der Waals surface area contributed by atoms with Crippen LogP contribution in [0.4, 0.5) is 0 Å². The number of hydrogen-bond donors (Lipinski definition) is 4. The fourth-order valence-electron chi connectivity index (χ4n) is 5.73. The molecule has 2 saturated heterocycles. The molecule has 154 valence electrons. The summed E-state index contributed by atoms with van der Waals surface area (Å²) in [5.74, 6) is 2.34. The summed E-state index contributed by atoms with van der Waals surface area (Å²) in [4.78, 5) is 18.4. The molecule has 4 fully saturated rings. The molecule has 2 saturated carbocycles. The van der Waals surface area contributed by atoms with Crippen LogP contribution in [-0.2, 0) is 14.4 Å². The molecule has 2 aliphatic heterocycles. The van der Waals surface area contributed by atoms with E-state index >= 15 is 0 Å². The van der Waals surface area contributed by atoms with Gasteiger partial charge in [0.15, 0.2) is 0 Å². The number of amides is 1. The standard InChI is InChI=1S/C20H36N4O3/c1-3-17-23-19(24-27-17)13-4-6-15-12(10-13)5-7-16(15)22-20(25)14-8-9-21-18(11-14)26-2/h12-19,21,23-24H,3-11H2,1-2H3,(H,22,25)/t12?,13?,14?,15?,16-,17?,18?,19?/m1/s1. The lowest BCUT2D eigenvalue weighted by Gasteiger charge is -2.37. The van der Waals surface area contributed by atoms with Crippen LogP contribution < -0.4 is 21.4 Å². The molecule has 7 nitrogen and oxygen atoms in total. The summed E-state index contributed by atoms with van der Waals surface area (Å²) in [5, 5.41) is 10.3. The highest BCUT2D eigenvalue weighted by Crippen LogP contribution is 2.45. The molecule has 4 N–H and O–H groups in total. The summed E-state index contributed by atoms with van der Waals surface area (Å²) in [7, 11) is 1.71. The summed E-state index contributed by atoms with van der Waals surface area (Å²) >= 11 is 0.